The van der Waals surface area contributed by atoms with E-state index in [2.05, 4.69) is 21.9 Å². The summed E-state index contributed by atoms with van der Waals surface area (Å²) in [4.78, 5) is 0. The van der Waals surface area contributed by atoms with Gasteiger partial charge in [-0.05, 0) is 13.0 Å². The summed E-state index contributed by atoms with van der Waals surface area (Å²) in [5.41, 5.74) is 0. The van der Waals surface area contributed by atoms with Gasteiger partial charge in [0.05, 0.1) is 6.04 Å². The molecule has 0 bridgehead atoms. The molecule has 0 amide bonds. The van der Waals surface area contributed by atoms with E-state index in [1.54, 1.807) is 0 Å². The monoisotopic (exact) mass is 155 g/mol. The smallest absolute Gasteiger partial charge is 0.0586 e. The van der Waals surface area contributed by atoms with Gasteiger partial charge >= 0.3 is 0 Å². The Morgan fingerprint density at radius 2 is 2.27 bits per heavy atom. The summed E-state index contributed by atoms with van der Waals surface area (Å²) in [5.74, 6) is 0. The molecule has 1 saturated heterocycles. The van der Waals surface area contributed by atoms with E-state index in [0.29, 0.717) is 6.04 Å². The zero-order chi connectivity index (χ0) is 8.27. The van der Waals surface area contributed by atoms with Gasteiger partial charge in [-0.1, -0.05) is 6.58 Å². The van der Waals surface area contributed by atoms with Crippen molar-refractivity contribution in [1.29, 1.82) is 0 Å². The first kappa shape index (κ1) is 8.56. The minimum atomic E-state index is 0.600. The van der Waals surface area contributed by atoms with Crippen molar-refractivity contribution in [2.75, 3.05) is 27.2 Å². The molecule has 0 saturated carbocycles. The molecule has 3 heteroatoms. The van der Waals surface area contributed by atoms with Crippen molar-refractivity contribution in [2.45, 2.75) is 12.5 Å². The van der Waals surface area contributed by atoms with Crippen molar-refractivity contribution in [3.8, 4) is 0 Å². The minimum Gasteiger partial charge on any atom is -0.315 e. The molecule has 1 fully saturated rings. The maximum Gasteiger partial charge on any atom is 0.0586 e. The summed E-state index contributed by atoms with van der Waals surface area (Å²) in [5, 5.41) is 7.57. The molecule has 11 heavy (non-hydrogen) atoms. The predicted molar refractivity (Wildman–Crippen MR) is 47.0 cm³/mol. The van der Waals surface area contributed by atoms with Crippen LogP contribution in [0.2, 0.25) is 0 Å². The van der Waals surface area contributed by atoms with Crippen LogP contribution in [0, 0.1) is 0 Å². The van der Waals surface area contributed by atoms with Gasteiger partial charge in [-0.15, -0.1) is 0 Å². The molecule has 1 heterocycles. The lowest BCUT2D eigenvalue weighted by molar-refractivity contribution is 0.0436. The molecule has 0 aromatic rings. The molecular formula is C8H17N3. The third-order valence-corrected chi connectivity index (χ3v) is 2.06. The van der Waals surface area contributed by atoms with E-state index >= 15 is 0 Å². The number of hydrogen-bond acceptors (Lipinski definition) is 3. The van der Waals surface area contributed by atoms with E-state index in [1.165, 1.54) is 6.42 Å². The fourth-order valence-corrected chi connectivity index (χ4v) is 1.50. The highest BCUT2D eigenvalue weighted by Crippen LogP contribution is 2.08. The van der Waals surface area contributed by atoms with Gasteiger partial charge in [-0.3, -0.25) is 0 Å². The minimum absolute atomic E-state index is 0.600. The van der Waals surface area contributed by atoms with Gasteiger partial charge in [0.15, 0.2) is 0 Å². The van der Waals surface area contributed by atoms with Gasteiger partial charge in [-0.25, -0.2) is 5.01 Å². The summed E-state index contributed by atoms with van der Waals surface area (Å²) >= 11 is 0. The Kier molecular flexibility index (Phi) is 2.91. The molecule has 0 aliphatic carbocycles. The van der Waals surface area contributed by atoms with Gasteiger partial charge in [0.25, 0.3) is 0 Å². The van der Waals surface area contributed by atoms with Gasteiger partial charge in [0.1, 0.15) is 0 Å². The second-order valence-electron chi connectivity index (χ2n) is 3.06. The third kappa shape index (κ3) is 1.94. The fraction of sp³-hybridized carbons (Fsp3) is 0.750. The first-order valence-electron chi connectivity index (χ1n) is 4.04. The molecule has 64 valence electrons. The van der Waals surface area contributed by atoms with Crippen molar-refractivity contribution in [1.82, 2.24) is 15.3 Å². The Balaban J connectivity index is 2.46. The van der Waals surface area contributed by atoms with Crippen LogP contribution in [0.1, 0.15) is 6.42 Å². The lowest BCUT2D eigenvalue weighted by atomic mass is 10.2. The molecule has 0 radical (unpaired) electrons. The number of rotatable bonds is 3. The molecule has 0 spiro atoms. The van der Waals surface area contributed by atoms with Crippen molar-refractivity contribution < 1.29 is 0 Å². The largest absolute Gasteiger partial charge is 0.315 e. The normalized spacial score (nSPS) is 24.1. The molecule has 3 nitrogen and oxygen atoms in total. The van der Waals surface area contributed by atoms with Gasteiger partial charge < -0.3 is 10.3 Å². The lowest BCUT2D eigenvalue weighted by Crippen LogP contribution is -2.41. The third-order valence-electron chi connectivity index (χ3n) is 2.06. The number of nitrogens with zero attached hydrogens (tertiary/aromatic N) is 2. The zero-order valence-corrected chi connectivity index (χ0v) is 7.38. The molecule has 1 N–H and O–H groups in total. The summed E-state index contributed by atoms with van der Waals surface area (Å²) < 4.78 is 0. The van der Waals surface area contributed by atoms with Crippen LogP contribution in [-0.2, 0) is 0 Å². The maximum atomic E-state index is 3.78. The number of hydrogen-bond donors (Lipinski definition) is 1. The van der Waals surface area contributed by atoms with E-state index < -0.39 is 0 Å². The first-order valence-corrected chi connectivity index (χ1v) is 4.04. The van der Waals surface area contributed by atoms with E-state index in [4.69, 9.17) is 0 Å². The predicted octanol–water partition coefficient (Wildman–Crippen LogP) is 0.270. The van der Waals surface area contributed by atoms with Gasteiger partial charge in [0.2, 0.25) is 0 Å². The van der Waals surface area contributed by atoms with Crippen LogP contribution in [0.25, 0.3) is 0 Å². The second-order valence-corrected chi connectivity index (χ2v) is 3.06. The maximum absolute atomic E-state index is 3.78. The van der Waals surface area contributed by atoms with Crippen LogP contribution in [0.3, 0.4) is 0 Å². The second kappa shape index (κ2) is 3.74. The Morgan fingerprint density at radius 1 is 1.55 bits per heavy atom. The fourth-order valence-electron chi connectivity index (χ4n) is 1.50. The Morgan fingerprint density at radius 3 is 2.64 bits per heavy atom. The Labute approximate surface area is 68.6 Å². The molecule has 1 aliphatic heterocycles. The van der Waals surface area contributed by atoms with Crippen molar-refractivity contribution in [3.05, 3.63) is 12.8 Å². The highest BCUT2D eigenvalue weighted by molar-refractivity contribution is 4.83. The number of nitrogens with one attached hydrogen (secondary N) is 1. The van der Waals surface area contributed by atoms with Crippen LogP contribution >= 0.6 is 0 Å². The number of hydrazine groups is 1. The SMILES string of the molecule is C=CN(C1CCNC1)N(C)C. The summed E-state index contributed by atoms with van der Waals surface area (Å²) in [6, 6.07) is 0.600. The first-order chi connectivity index (χ1) is 5.25. The van der Waals surface area contributed by atoms with Crippen molar-refractivity contribution in [2.24, 2.45) is 0 Å². The Hall–Kier alpha value is -0.540. The zero-order valence-electron chi connectivity index (χ0n) is 7.38. The standard InChI is InChI=1S/C8H17N3/c1-4-11(10(2)3)8-5-6-9-7-8/h4,8-9H,1,5-7H2,2-3H3. The van der Waals surface area contributed by atoms with E-state index in [1.807, 2.05) is 20.3 Å². The average Bonchev–Trinajstić information content (AvgIpc) is 2.40. The average molecular weight is 155 g/mol. The van der Waals surface area contributed by atoms with Crippen LogP contribution < -0.4 is 5.32 Å². The Bertz CT molecular complexity index is 127. The molecule has 1 aliphatic rings. The van der Waals surface area contributed by atoms with Crippen LogP contribution in [0.5, 0.6) is 0 Å². The topological polar surface area (TPSA) is 18.5 Å². The van der Waals surface area contributed by atoms with Crippen LogP contribution in [0.4, 0.5) is 0 Å². The lowest BCUT2D eigenvalue weighted by Gasteiger charge is -2.32. The molecule has 0 aromatic heterocycles. The van der Waals surface area contributed by atoms with E-state index in [0.717, 1.165) is 13.1 Å². The van der Waals surface area contributed by atoms with Crippen molar-refractivity contribution >= 4 is 0 Å². The molecule has 1 unspecified atom stereocenters. The summed E-state index contributed by atoms with van der Waals surface area (Å²) in [7, 11) is 4.08. The van der Waals surface area contributed by atoms with Gasteiger partial charge in [0, 0.05) is 26.8 Å². The highest BCUT2D eigenvalue weighted by atomic mass is 15.6. The summed E-state index contributed by atoms with van der Waals surface area (Å²) in [6.45, 7) is 5.98. The quantitative estimate of drug-likeness (QED) is 0.590. The van der Waals surface area contributed by atoms with Crippen LogP contribution in [-0.4, -0.2) is 43.2 Å². The summed E-state index contributed by atoms with van der Waals surface area (Å²) in [6.07, 6.45) is 3.10. The molecule has 1 rings (SSSR count). The molecule has 1 atom stereocenters. The molecule has 0 aromatic carbocycles. The van der Waals surface area contributed by atoms with Crippen molar-refractivity contribution in [3.63, 3.8) is 0 Å². The molecular weight excluding hydrogens is 138 g/mol. The van der Waals surface area contributed by atoms with E-state index in [9.17, 15) is 0 Å². The van der Waals surface area contributed by atoms with Gasteiger partial charge in [-0.2, -0.15) is 0 Å². The highest BCUT2D eigenvalue weighted by Gasteiger charge is 2.20. The van der Waals surface area contributed by atoms with E-state index in [-0.39, 0.29) is 0 Å². The van der Waals surface area contributed by atoms with Crippen LogP contribution in [0.15, 0.2) is 12.8 Å².